The standard InChI is InChI=1S/C13H22F3NO2/c1-9-4-6-11(7-5-9)17(3)12(18)10(2)19-8-13(14,15)16/h9-11H,4-8H2,1-3H3/t9?,10-,11?/m1/s1. The highest BCUT2D eigenvalue weighted by Crippen LogP contribution is 2.27. The first-order chi connectivity index (χ1) is 8.70. The summed E-state index contributed by atoms with van der Waals surface area (Å²) in [6.45, 7) is 2.17. The molecule has 0 N–H and O–H groups in total. The van der Waals surface area contributed by atoms with Gasteiger partial charge in [0, 0.05) is 13.1 Å². The van der Waals surface area contributed by atoms with Crippen LogP contribution < -0.4 is 0 Å². The summed E-state index contributed by atoms with van der Waals surface area (Å²) in [5, 5.41) is 0. The van der Waals surface area contributed by atoms with Crippen LogP contribution in [-0.4, -0.2) is 42.8 Å². The fourth-order valence-electron chi connectivity index (χ4n) is 2.39. The minimum Gasteiger partial charge on any atom is -0.359 e. The SMILES string of the molecule is CC1CCC(N(C)C(=O)[C@@H](C)OCC(F)(F)F)CC1. The molecule has 0 radical (unpaired) electrons. The molecule has 112 valence electrons. The molecule has 1 amide bonds. The van der Waals surface area contributed by atoms with Crippen molar-refractivity contribution < 1.29 is 22.7 Å². The predicted octanol–water partition coefficient (Wildman–Crippen LogP) is 2.99. The molecule has 0 spiro atoms. The molecular weight excluding hydrogens is 259 g/mol. The molecule has 1 rings (SSSR count). The number of nitrogens with zero attached hydrogens (tertiary/aromatic N) is 1. The Kier molecular flexibility index (Phi) is 5.64. The molecule has 0 bridgehead atoms. The Balaban J connectivity index is 2.43. The summed E-state index contributed by atoms with van der Waals surface area (Å²) in [4.78, 5) is 13.5. The van der Waals surface area contributed by atoms with Gasteiger partial charge in [0.1, 0.15) is 12.7 Å². The zero-order valence-electron chi connectivity index (χ0n) is 11.7. The van der Waals surface area contributed by atoms with Crippen molar-refractivity contribution in [3.05, 3.63) is 0 Å². The molecule has 3 nitrogen and oxygen atoms in total. The van der Waals surface area contributed by atoms with E-state index in [2.05, 4.69) is 11.7 Å². The number of alkyl halides is 3. The van der Waals surface area contributed by atoms with Gasteiger partial charge >= 0.3 is 6.18 Å². The van der Waals surface area contributed by atoms with Gasteiger partial charge in [0.2, 0.25) is 0 Å². The van der Waals surface area contributed by atoms with Crippen molar-refractivity contribution in [1.82, 2.24) is 4.90 Å². The molecule has 6 heteroatoms. The van der Waals surface area contributed by atoms with Gasteiger partial charge in [-0.05, 0) is 38.5 Å². The summed E-state index contributed by atoms with van der Waals surface area (Å²) in [5.74, 6) is 0.294. The van der Waals surface area contributed by atoms with Crippen LogP contribution in [0.5, 0.6) is 0 Å². The third-order valence-corrected chi connectivity index (χ3v) is 3.73. The minimum absolute atomic E-state index is 0.126. The van der Waals surface area contributed by atoms with Crippen molar-refractivity contribution in [1.29, 1.82) is 0 Å². The molecule has 1 atom stereocenters. The van der Waals surface area contributed by atoms with Crippen LogP contribution in [0, 0.1) is 5.92 Å². The van der Waals surface area contributed by atoms with Gasteiger partial charge < -0.3 is 9.64 Å². The summed E-state index contributed by atoms with van der Waals surface area (Å²) in [6.07, 6.45) is -1.51. The Bertz CT molecular complexity index is 299. The largest absolute Gasteiger partial charge is 0.411 e. The van der Waals surface area contributed by atoms with Crippen LogP contribution in [0.3, 0.4) is 0 Å². The summed E-state index contributed by atoms with van der Waals surface area (Å²) < 4.78 is 40.7. The molecule has 0 saturated heterocycles. The normalized spacial score (nSPS) is 26.0. The van der Waals surface area contributed by atoms with Crippen LogP contribution in [-0.2, 0) is 9.53 Å². The van der Waals surface area contributed by atoms with Gasteiger partial charge in [-0.15, -0.1) is 0 Å². The molecule has 0 aromatic rings. The van der Waals surface area contributed by atoms with E-state index in [1.165, 1.54) is 6.92 Å². The third-order valence-electron chi connectivity index (χ3n) is 3.73. The average molecular weight is 281 g/mol. The van der Waals surface area contributed by atoms with E-state index < -0.39 is 18.9 Å². The number of amides is 1. The van der Waals surface area contributed by atoms with E-state index in [1.54, 1.807) is 11.9 Å². The van der Waals surface area contributed by atoms with Gasteiger partial charge in [0.05, 0.1) is 0 Å². The zero-order valence-corrected chi connectivity index (χ0v) is 11.7. The van der Waals surface area contributed by atoms with Gasteiger partial charge in [0.15, 0.2) is 0 Å². The Hall–Kier alpha value is -0.780. The summed E-state index contributed by atoms with van der Waals surface area (Å²) in [6, 6.07) is 0.126. The van der Waals surface area contributed by atoms with Crippen LogP contribution in [0.2, 0.25) is 0 Å². The first-order valence-corrected chi connectivity index (χ1v) is 6.65. The number of hydrogen-bond acceptors (Lipinski definition) is 2. The number of rotatable bonds is 4. The highest BCUT2D eigenvalue weighted by molar-refractivity contribution is 5.80. The van der Waals surface area contributed by atoms with Crippen LogP contribution in [0.15, 0.2) is 0 Å². The van der Waals surface area contributed by atoms with Crippen molar-refractivity contribution in [3.63, 3.8) is 0 Å². The van der Waals surface area contributed by atoms with Gasteiger partial charge in [-0.25, -0.2) is 0 Å². The predicted molar refractivity (Wildman–Crippen MR) is 65.7 cm³/mol. The third kappa shape index (κ3) is 5.38. The molecule has 0 heterocycles. The number of likely N-dealkylation sites (N-methyl/N-ethyl adjacent to an activating group) is 1. The van der Waals surface area contributed by atoms with Crippen molar-refractivity contribution in [3.8, 4) is 0 Å². The molecule has 1 saturated carbocycles. The maximum atomic E-state index is 12.0. The first kappa shape index (κ1) is 16.3. The Morgan fingerprint density at radius 1 is 1.32 bits per heavy atom. The molecule has 1 aliphatic rings. The second kappa shape index (κ2) is 6.59. The molecule has 19 heavy (non-hydrogen) atoms. The lowest BCUT2D eigenvalue weighted by Crippen LogP contribution is -2.45. The molecule has 0 aliphatic heterocycles. The number of ether oxygens (including phenoxy) is 1. The van der Waals surface area contributed by atoms with Crippen molar-refractivity contribution >= 4 is 5.91 Å². The van der Waals surface area contributed by atoms with Gasteiger partial charge in [-0.3, -0.25) is 4.79 Å². The number of carbonyl (C=O) groups excluding carboxylic acids is 1. The second-order valence-corrected chi connectivity index (χ2v) is 5.43. The molecule has 0 aromatic heterocycles. The van der Waals surface area contributed by atoms with E-state index in [0.717, 1.165) is 25.7 Å². The van der Waals surface area contributed by atoms with E-state index in [0.29, 0.717) is 5.92 Å². The van der Waals surface area contributed by atoms with Gasteiger partial charge in [-0.1, -0.05) is 6.92 Å². The Morgan fingerprint density at radius 2 is 1.84 bits per heavy atom. The van der Waals surface area contributed by atoms with E-state index in [9.17, 15) is 18.0 Å². The highest BCUT2D eigenvalue weighted by atomic mass is 19.4. The fraction of sp³-hybridized carbons (Fsp3) is 0.923. The van der Waals surface area contributed by atoms with Crippen LogP contribution in [0.25, 0.3) is 0 Å². The fourth-order valence-corrected chi connectivity index (χ4v) is 2.39. The lowest BCUT2D eigenvalue weighted by atomic mass is 9.86. The molecule has 0 unspecified atom stereocenters. The monoisotopic (exact) mass is 281 g/mol. The van der Waals surface area contributed by atoms with Gasteiger partial charge in [-0.2, -0.15) is 13.2 Å². The van der Waals surface area contributed by atoms with Crippen LogP contribution in [0.4, 0.5) is 13.2 Å². The first-order valence-electron chi connectivity index (χ1n) is 6.65. The Labute approximate surface area is 112 Å². The Morgan fingerprint density at radius 3 is 2.32 bits per heavy atom. The maximum absolute atomic E-state index is 12.0. The van der Waals surface area contributed by atoms with E-state index in [-0.39, 0.29) is 11.9 Å². The number of carbonyl (C=O) groups is 1. The number of hydrogen-bond donors (Lipinski definition) is 0. The van der Waals surface area contributed by atoms with Crippen LogP contribution >= 0.6 is 0 Å². The minimum atomic E-state index is -4.40. The molecule has 1 fully saturated rings. The van der Waals surface area contributed by atoms with Crippen molar-refractivity contribution in [2.45, 2.75) is 57.9 Å². The molecule has 0 aromatic carbocycles. The van der Waals surface area contributed by atoms with E-state index in [1.807, 2.05) is 0 Å². The van der Waals surface area contributed by atoms with E-state index >= 15 is 0 Å². The highest BCUT2D eigenvalue weighted by Gasteiger charge is 2.32. The zero-order chi connectivity index (χ0) is 14.6. The lowest BCUT2D eigenvalue weighted by Gasteiger charge is -2.34. The summed E-state index contributed by atoms with van der Waals surface area (Å²) >= 11 is 0. The van der Waals surface area contributed by atoms with Crippen molar-refractivity contribution in [2.24, 2.45) is 5.92 Å². The van der Waals surface area contributed by atoms with Crippen molar-refractivity contribution in [2.75, 3.05) is 13.7 Å². The maximum Gasteiger partial charge on any atom is 0.411 e. The smallest absolute Gasteiger partial charge is 0.359 e. The van der Waals surface area contributed by atoms with Gasteiger partial charge in [0.25, 0.3) is 5.91 Å². The number of halogens is 3. The quantitative estimate of drug-likeness (QED) is 0.793. The molecular formula is C13H22F3NO2. The average Bonchev–Trinajstić information content (AvgIpc) is 2.34. The van der Waals surface area contributed by atoms with E-state index in [4.69, 9.17) is 0 Å². The second-order valence-electron chi connectivity index (χ2n) is 5.43. The summed E-state index contributed by atoms with van der Waals surface area (Å²) in [5.41, 5.74) is 0. The van der Waals surface area contributed by atoms with Crippen LogP contribution in [0.1, 0.15) is 39.5 Å². The molecule has 1 aliphatic carbocycles. The topological polar surface area (TPSA) is 29.5 Å². The lowest BCUT2D eigenvalue weighted by molar-refractivity contribution is -0.188. The summed E-state index contributed by atoms with van der Waals surface area (Å²) in [7, 11) is 1.65.